The number of rotatable bonds is 6. The summed E-state index contributed by atoms with van der Waals surface area (Å²) in [5.41, 5.74) is 0.0400. The van der Waals surface area contributed by atoms with Crippen LogP contribution in [0.1, 0.15) is 6.04 Å². The Bertz CT molecular complexity index is 992. The first-order chi connectivity index (χ1) is 14.5. The molecule has 1 saturated heterocycles. The van der Waals surface area contributed by atoms with Crippen LogP contribution in [0.2, 0.25) is 5.02 Å². The Kier molecular flexibility index (Phi) is 7.10. The van der Waals surface area contributed by atoms with Gasteiger partial charge in [0, 0.05) is 28.1 Å². The Balaban J connectivity index is 1.66. The molecule has 2 N–H and O–H groups in total. The lowest BCUT2D eigenvalue weighted by molar-refractivity contribution is -0.186. The minimum Gasteiger partial charge on any atom is -0.394 e. The molecule has 2 aromatic heterocycles. The third kappa shape index (κ3) is 4.44. The topological polar surface area (TPSA) is 103 Å². The Morgan fingerprint density at radius 3 is 2.97 bits per heavy atom. The Labute approximate surface area is 194 Å². The molecular weight excluding hydrogens is 516 g/mol. The van der Waals surface area contributed by atoms with Crippen LogP contribution in [0.5, 0.6) is 0 Å². The molecule has 5 unspecified atom stereocenters. The highest BCUT2D eigenvalue weighted by atomic mass is 79.9. The summed E-state index contributed by atoms with van der Waals surface area (Å²) in [7, 11) is 1.54. The summed E-state index contributed by atoms with van der Waals surface area (Å²) in [6.45, 7) is -0.356. The molecule has 0 aliphatic carbocycles. The second kappa shape index (κ2) is 9.61. The Morgan fingerprint density at radius 1 is 1.43 bits per heavy atom. The van der Waals surface area contributed by atoms with E-state index in [9.17, 15) is 10.2 Å². The number of ether oxygens (including phenoxy) is 2. The Hall–Kier alpha value is -1.05. The molecule has 4 rings (SSSR count). The van der Waals surface area contributed by atoms with Gasteiger partial charge in [-0.1, -0.05) is 44.5 Å². The van der Waals surface area contributed by atoms with Crippen LogP contribution in [0, 0.1) is 0 Å². The number of aromatic nitrogens is 4. The van der Waals surface area contributed by atoms with Crippen molar-refractivity contribution in [3.8, 4) is 10.7 Å². The predicted molar refractivity (Wildman–Crippen MR) is 118 cm³/mol. The summed E-state index contributed by atoms with van der Waals surface area (Å²) in [6, 6.07) is 4.88. The van der Waals surface area contributed by atoms with Crippen molar-refractivity contribution >= 4 is 50.6 Å². The first kappa shape index (κ1) is 22.2. The predicted octanol–water partition coefficient (Wildman–Crippen LogP) is 3.24. The van der Waals surface area contributed by atoms with Crippen molar-refractivity contribution in [2.24, 2.45) is 0 Å². The van der Waals surface area contributed by atoms with Crippen LogP contribution >= 0.6 is 50.6 Å². The standard InChI is InChI=1S/C18H18BrClN4O4S2/c1-27-16-14(24-7-11(22-23-24)17-21-4-5-29-17)15(26)12(8-25)28-18(16)30-13-6-9(19)2-3-10(13)20/h2-7,12,14-16,18,25-26H,8H2,1H3. The quantitative estimate of drug-likeness (QED) is 0.498. The van der Waals surface area contributed by atoms with E-state index in [4.69, 9.17) is 21.1 Å². The number of halogens is 2. The van der Waals surface area contributed by atoms with Crippen molar-refractivity contribution < 1.29 is 19.7 Å². The van der Waals surface area contributed by atoms with Gasteiger partial charge in [-0.05, 0) is 18.2 Å². The number of hydrogen-bond donors (Lipinski definition) is 2. The van der Waals surface area contributed by atoms with Gasteiger partial charge >= 0.3 is 0 Å². The number of thioether (sulfide) groups is 1. The average molecular weight is 534 g/mol. The van der Waals surface area contributed by atoms with Crippen molar-refractivity contribution in [2.45, 2.75) is 34.7 Å². The average Bonchev–Trinajstić information content (AvgIpc) is 3.43. The number of nitrogens with zero attached hydrogens (tertiary/aromatic N) is 4. The molecule has 1 fully saturated rings. The summed E-state index contributed by atoms with van der Waals surface area (Å²) in [5.74, 6) is 0. The molecule has 1 aromatic carbocycles. The van der Waals surface area contributed by atoms with Crippen LogP contribution in [-0.2, 0) is 9.47 Å². The monoisotopic (exact) mass is 532 g/mol. The first-order valence-electron chi connectivity index (χ1n) is 8.92. The minimum atomic E-state index is -1.05. The summed E-state index contributed by atoms with van der Waals surface area (Å²) >= 11 is 12.6. The Morgan fingerprint density at radius 2 is 2.27 bits per heavy atom. The second-order valence-corrected chi connectivity index (χ2v) is 9.88. The number of methoxy groups -OCH3 is 1. The maximum absolute atomic E-state index is 10.9. The number of benzene rings is 1. The summed E-state index contributed by atoms with van der Waals surface area (Å²) in [6.07, 6.45) is 0.939. The van der Waals surface area contributed by atoms with Crippen molar-refractivity contribution in [3.05, 3.63) is 45.5 Å². The van der Waals surface area contributed by atoms with E-state index in [1.807, 2.05) is 17.5 Å². The fourth-order valence-corrected chi connectivity index (χ4v) is 5.85. The highest BCUT2D eigenvalue weighted by Crippen LogP contribution is 2.42. The molecule has 0 saturated carbocycles. The molecule has 8 nitrogen and oxygen atoms in total. The van der Waals surface area contributed by atoms with Crippen LogP contribution < -0.4 is 0 Å². The summed E-state index contributed by atoms with van der Waals surface area (Å²) in [4.78, 5) is 5.03. The number of hydrogen-bond acceptors (Lipinski definition) is 9. The van der Waals surface area contributed by atoms with E-state index in [1.165, 1.54) is 23.1 Å². The summed E-state index contributed by atoms with van der Waals surface area (Å²) < 4.78 is 14.1. The van der Waals surface area contributed by atoms with E-state index >= 15 is 0 Å². The zero-order valence-corrected chi connectivity index (χ0v) is 19.6. The van der Waals surface area contributed by atoms with Gasteiger partial charge in [-0.3, -0.25) is 0 Å². The molecule has 160 valence electrons. The van der Waals surface area contributed by atoms with E-state index in [-0.39, 0.29) is 6.61 Å². The third-order valence-corrected chi connectivity index (χ3v) is 7.63. The van der Waals surface area contributed by atoms with E-state index in [1.54, 1.807) is 30.3 Å². The molecule has 1 aliphatic rings. The van der Waals surface area contributed by atoms with Crippen LogP contribution in [0.4, 0.5) is 0 Å². The second-order valence-electron chi connectivity index (χ2n) is 6.52. The highest BCUT2D eigenvalue weighted by molar-refractivity contribution is 9.10. The SMILES string of the molecule is COC1C(Sc2cc(Br)ccc2Cl)OC(CO)C(O)C1n1cc(-c2nccs2)nn1. The molecule has 3 heterocycles. The molecule has 0 amide bonds. The van der Waals surface area contributed by atoms with Crippen LogP contribution in [0.3, 0.4) is 0 Å². The maximum Gasteiger partial charge on any atom is 0.145 e. The van der Waals surface area contributed by atoms with E-state index in [2.05, 4.69) is 31.2 Å². The number of aliphatic hydroxyl groups is 2. The molecule has 30 heavy (non-hydrogen) atoms. The lowest BCUT2D eigenvalue weighted by atomic mass is 9.97. The van der Waals surface area contributed by atoms with Gasteiger partial charge in [-0.15, -0.1) is 16.4 Å². The highest BCUT2D eigenvalue weighted by Gasteiger charge is 2.47. The zero-order valence-electron chi connectivity index (χ0n) is 15.6. The van der Waals surface area contributed by atoms with Crippen molar-refractivity contribution in [1.82, 2.24) is 20.0 Å². The van der Waals surface area contributed by atoms with Gasteiger partial charge < -0.3 is 19.7 Å². The third-order valence-electron chi connectivity index (χ3n) is 4.70. The van der Waals surface area contributed by atoms with Crippen molar-refractivity contribution in [3.63, 3.8) is 0 Å². The smallest absolute Gasteiger partial charge is 0.145 e. The van der Waals surface area contributed by atoms with E-state index < -0.39 is 29.8 Å². The van der Waals surface area contributed by atoms with Crippen LogP contribution in [0.25, 0.3) is 10.7 Å². The van der Waals surface area contributed by atoms with Gasteiger partial charge in [-0.25, -0.2) is 9.67 Å². The summed E-state index contributed by atoms with van der Waals surface area (Å²) in [5, 5.41) is 32.2. The molecule has 3 aromatic rings. The molecule has 5 atom stereocenters. The van der Waals surface area contributed by atoms with Crippen molar-refractivity contribution in [2.75, 3.05) is 13.7 Å². The van der Waals surface area contributed by atoms with E-state index in [0.29, 0.717) is 10.7 Å². The largest absolute Gasteiger partial charge is 0.394 e. The molecule has 1 aliphatic heterocycles. The maximum atomic E-state index is 10.9. The van der Waals surface area contributed by atoms with E-state index in [0.717, 1.165) is 14.4 Å². The van der Waals surface area contributed by atoms with Gasteiger partial charge in [0.1, 0.15) is 40.5 Å². The molecule has 0 radical (unpaired) electrons. The lowest BCUT2D eigenvalue weighted by Gasteiger charge is -2.43. The number of thiazole rings is 1. The normalized spacial score (nSPS) is 26.8. The molecule has 0 bridgehead atoms. The fraction of sp³-hybridized carbons (Fsp3) is 0.389. The molecular formula is C18H18BrClN4O4S2. The molecule has 0 spiro atoms. The van der Waals surface area contributed by atoms with Gasteiger partial charge in [0.2, 0.25) is 0 Å². The van der Waals surface area contributed by atoms with Crippen LogP contribution in [0.15, 0.2) is 45.3 Å². The van der Waals surface area contributed by atoms with Gasteiger partial charge in [-0.2, -0.15) is 0 Å². The van der Waals surface area contributed by atoms with Crippen LogP contribution in [-0.4, -0.2) is 67.7 Å². The van der Waals surface area contributed by atoms with Gasteiger partial charge in [0.15, 0.2) is 0 Å². The molecule has 12 heteroatoms. The van der Waals surface area contributed by atoms with Gasteiger partial charge in [0.05, 0.1) is 17.8 Å². The lowest BCUT2D eigenvalue weighted by Crippen LogP contribution is -2.55. The number of aliphatic hydroxyl groups excluding tert-OH is 2. The first-order valence-corrected chi connectivity index (χ1v) is 11.9. The fourth-order valence-electron chi connectivity index (χ4n) is 3.27. The minimum absolute atomic E-state index is 0.356. The zero-order chi connectivity index (χ0) is 21.3. The van der Waals surface area contributed by atoms with Gasteiger partial charge in [0.25, 0.3) is 0 Å². The van der Waals surface area contributed by atoms with Crippen molar-refractivity contribution in [1.29, 1.82) is 0 Å².